The Morgan fingerprint density at radius 2 is 1.86 bits per heavy atom. The topological polar surface area (TPSA) is 129 Å². The summed E-state index contributed by atoms with van der Waals surface area (Å²) < 4.78 is 15.6. The van der Waals surface area contributed by atoms with Gasteiger partial charge in [-0.15, -0.1) is 5.54 Å². The molecule has 2 aromatic rings. The smallest absolute Gasteiger partial charge is 0.300 e. The molecule has 0 spiro atoms. The number of aliphatic hydroxyl groups is 1. The fraction of sp³-hybridized carbons (Fsp3) is 0.385. The number of nitrogens with zero attached hydrogens (tertiary/aromatic N) is 3. The normalized spacial score (nSPS) is 18.9. The fourth-order valence-corrected chi connectivity index (χ4v) is 5.14. The third-order valence-electron chi connectivity index (χ3n) is 6.36. The Balaban J connectivity index is 2.25. The van der Waals surface area contributed by atoms with Gasteiger partial charge in [-0.3, -0.25) is 19.3 Å². The van der Waals surface area contributed by atoms with Crippen molar-refractivity contribution in [2.24, 2.45) is 12.8 Å². The van der Waals surface area contributed by atoms with E-state index in [1.165, 1.54) is 28.5 Å². The SMILES string of the molecule is Cc1c(C(=O)C(=O)N(c2ccc(F)c(C#N)c2)C2(C#C[Si](C)(C)C)CC(O)C2)c(C)n(C)c1C(N)=O. The molecular formula is C26H29FN4O4Si. The summed E-state index contributed by atoms with van der Waals surface area (Å²) in [5.41, 5.74) is 8.12. The maximum Gasteiger partial charge on any atom is 0.300 e. The highest BCUT2D eigenvalue weighted by molar-refractivity contribution is 6.83. The van der Waals surface area contributed by atoms with Crippen molar-refractivity contribution in [1.82, 2.24) is 4.57 Å². The van der Waals surface area contributed by atoms with Crippen LogP contribution in [0.2, 0.25) is 19.6 Å². The lowest BCUT2D eigenvalue weighted by atomic mass is 9.73. The zero-order chi connectivity index (χ0) is 27.2. The van der Waals surface area contributed by atoms with Gasteiger partial charge in [-0.25, -0.2) is 4.39 Å². The molecule has 1 fully saturated rings. The minimum absolute atomic E-state index is 0.0390. The van der Waals surface area contributed by atoms with Crippen LogP contribution in [0.5, 0.6) is 0 Å². The summed E-state index contributed by atoms with van der Waals surface area (Å²) in [6.45, 7) is 9.21. The van der Waals surface area contributed by atoms with Gasteiger partial charge in [-0.2, -0.15) is 5.26 Å². The molecule has 1 aliphatic rings. The summed E-state index contributed by atoms with van der Waals surface area (Å²) in [6, 6.07) is 5.31. The van der Waals surface area contributed by atoms with Gasteiger partial charge < -0.3 is 15.4 Å². The number of Topliss-reactive ketones (excluding diaryl/α,β-unsaturated/α-hetero) is 1. The van der Waals surface area contributed by atoms with Gasteiger partial charge in [0.2, 0.25) is 0 Å². The number of benzene rings is 1. The fourth-order valence-electron chi connectivity index (χ4n) is 4.53. The van der Waals surface area contributed by atoms with Crippen molar-refractivity contribution in [2.75, 3.05) is 4.90 Å². The Morgan fingerprint density at radius 1 is 1.25 bits per heavy atom. The molecule has 3 rings (SSSR count). The summed E-state index contributed by atoms with van der Waals surface area (Å²) in [4.78, 5) is 40.8. The molecule has 8 nitrogen and oxygen atoms in total. The molecule has 0 radical (unpaired) electrons. The van der Waals surface area contributed by atoms with Gasteiger partial charge in [0.25, 0.3) is 11.7 Å². The van der Waals surface area contributed by atoms with Crippen LogP contribution in [0.25, 0.3) is 0 Å². The van der Waals surface area contributed by atoms with Gasteiger partial charge in [-0.05, 0) is 37.6 Å². The van der Waals surface area contributed by atoms with Crippen LogP contribution in [-0.2, 0) is 11.8 Å². The maximum absolute atomic E-state index is 14.1. The Bertz CT molecular complexity index is 1380. The molecule has 36 heavy (non-hydrogen) atoms. The number of carbonyl (C=O) groups excluding carboxylic acids is 3. The zero-order valence-electron chi connectivity index (χ0n) is 21.2. The third-order valence-corrected chi connectivity index (χ3v) is 7.24. The largest absolute Gasteiger partial charge is 0.393 e. The number of hydrogen-bond acceptors (Lipinski definition) is 5. The standard InChI is InChI=1S/C26H29FN4O4Si/c1-15-21(16(2)30(3)22(15)24(29)34)23(33)25(35)31(18-7-8-20(27)17(11-18)14-28)26(12-19(32)13-26)9-10-36(4,5)6/h7-8,11,19,32H,12-13H2,1-6H3,(H2,29,34). The Hall–Kier alpha value is -3.73. The van der Waals surface area contributed by atoms with Crippen molar-refractivity contribution in [1.29, 1.82) is 5.26 Å². The van der Waals surface area contributed by atoms with Crippen molar-refractivity contribution >= 4 is 31.4 Å². The van der Waals surface area contributed by atoms with Gasteiger partial charge in [-0.1, -0.05) is 25.6 Å². The second-order valence-corrected chi connectivity index (χ2v) is 14.9. The molecule has 0 atom stereocenters. The summed E-state index contributed by atoms with van der Waals surface area (Å²) in [6.07, 6.45) is -0.576. The van der Waals surface area contributed by atoms with E-state index in [1.54, 1.807) is 20.0 Å². The second-order valence-electron chi connectivity index (χ2n) is 10.2. The first-order chi connectivity index (χ1) is 16.6. The number of carbonyl (C=O) groups is 3. The van der Waals surface area contributed by atoms with Crippen LogP contribution in [0.15, 0.2) is 18.2 Å². The molecule has 0 aliphatic heterocycles. The molecule has 1 heterocycles. The highest BCUT2D eigenvalue weighted by Gasteiger charge is 2.51. The van der Waals surface area contributed by atoms with E-state index in [0.29, 0.717) is 5.69 Å². The third kappa shape index (κ3) is 4.70. The van der Waals surface area contributed by atoms with Gasteiger partial charge in [0.05, 0.1) is 17.2 Å². The maximum atomic E-state index is 14.1. The van der Waals surface area contributed by atoms with E-state index in [4.69, 9.17) is 5.73 Å². The average molecular weight is 509 g/mol. The van der Waals surface area contributed by atoms with Gasteiger partial charge in [0.1, 0.15) is 31.2 Å². The van der Waals surface area contributed by atoms with Crippen LogP contribution in [0, 0.1) is 42.5 Å². The van der Waals surface area contributed by atoms with Crippen LogP contribution >= 0.6 is 0 Å². The predicted molar refractivity (Wildman–Crippen MR) is 135 cm³/mol. The molecule has 1 aromatic heterocycles. The van der Waals surface area contributed by atoms with E-state index in [1.807, 2.05) is 19.6 Å². The Kier molecular flexibility index (Phi) is 7.00. The van der Waals surface area contributed by atoms with Crippen LogP contribution < -0.4 is 10.6 Å². The number of halogens is 1. The number of amides is 2. The Labute approximate surface area is 210 Å². The molecule has 0 unspecified atom stereocenters. The van der Waals surface area contributed by atoms with E-state index in [0.717, 1.165) is 6.07 Å². The number of nitriles is 1. The summed E-state index contributed by atoms with van der Waals surface area (Å²) in [7, 11) is -0.365. The van der Waals surface area contributed by atoms with E-state index >= 15 is 0 Å². The van der Waals surface area contributed by atoms with Crippen LogP contribution in [0.4, 0.5) is 10.1 Å². The molecule has 10 heteroatoms. The van der Waals surface area contributed by atoms with Crippen molar-refractivity contribution in [3.63, 3.8) is 0 Å². The first-order valence-electron chi connectivity index (χ1n) is 11.4. The lowest BCUT2D eigenvalue weighted by molar-refractivity contribution is -0.116. The minimum Gasteiger partial charge on any atom is -0.393 e. The van der Waals surface area contributed by atoms with Crippen molar-refractivity contribution in [3.8, 4) is 17.5 Å². The number of rotatable bonds is 5. The first kappa shape index (κ1) is 26.9. The number of aliphatic hydroxyl groups excluding tert-OH is 1. The number of anilines is 1. The summed E-state index contributed by atoms with van der Waals surface area (Å²) in [5.74, 6) is -0.211. The lowest BCUT2D eigenvalue weighted by Crippen LogP contribution is -2.62. The second kappa shape index (κ2) is 9.38. The molecule has 1 aromatic carbocycles. The van der Waals surface area contributed by atoms with Crippen LogP contribution in [0.3, 0.4) is 0 Å². The monoisotopic (exact) mass is 508 g/mol. The van der Waals surface area contributed by atoms with E-state index in [9.17, 15) is 29.1 Å². The number of ketones is 1. The van der Waals surface area contributed by atoms with E-state index < -0.39 is 43.1 Å². The van der Waals surface area contributed by atoms with Crippen molar-refractivity contribution in [2.45, 2.75) is 58.0 Å². The molecule has 0 bridgehead atoms. The predicted octanol–water partition coefficient (Wildman–Crippen LogP) is 2.74. The van der Waals surface area contributed by atoms with E-state index in [2.05, 4.69) is 11.5 Å². The summed E-state index contributed by atoms with van der Waals surface area (Å²) in [5, 5.41) is 19.6. The quantitative estimate of drug-likeness (QED) is 0.278. The van der Waals surface area contributed by atoms with E-state index in [-0.39, 0.29) is 40.9 Å². The molecular weight excluding hydrogens is 479 g/mol. The van der Waals surface area contributed by atoms with Gasteiger partial charge in [0, 0.05) is 31.3 Å². The molecule has 1 aliphatic carbocycles. The van der Waals surface area contributed by atoms with Crippen molar-refractivity contribution in [3.05, 3.63) is 52.1 Å². The molecule has 1 saturated carbocycles. The highest BCUT2D eigenvalue weighted by Crippen LogP contribution is 2.42. The first-order valence-corrected chi connectivity index (χ1v) is 14.9. The highest BCUT2D eigenvalue weighted by atomic mass is 28.3. The van der Waals surface area contributed by atoms with Gasteiger partial charge >= 0.3 is 5.91 Å². The molecule has 2 amide bonds. The van der Waals surface area contributed by atoms with Crippen molar-refractivity contribution < 1.29 is 23.9 Å². The molecule has 3 N–H and O–H groups in total. The Morgan fingerprint density at radius 3 is 2.33 bits per heavy atom. The molecule has 0 saturated heterocycles. The molecule has 188 valence electrons. The number of primary amides is 1. The van der Waals surface area contributed by atoms with Gasteiger partial charge in [0.15, 0.2) is 0 Å². The minimum atomic E-state index is -1.94. The van der Waals surface area contributed by atoms with Crippen LogP contribution in [-0.4, -0.2) is 47.0 Å². The number of hydrogen-bond donors (Lipinski definition) is 2. The number of aromatic nitrogens is 1. The number of nitrogens with two attached hydrogens (primary N) is 1. The van der Waals surface area contributed by atoms with Crippen LogP contribution in [0.1, 0.15) is 50.5 Å². The average Bonchev–Trinajstić information content (AvgIpc) is 2.99. The summed E-state index contributed by atoms with van der Waals surface area (Å²) >= 11 is 0. The lowest BCUT2D eigenvalue weighted by Gasteiger charge is -2.49. The zero-order valence-corrected chi connectivity index (χ0v) is 22.2.